The second-order valence-electron chi connectivity index (χ2n) is 7.45. The molecule has 1 saturated heterocycles. The summed E-state index contributed by atoms with van der Waals surface area (Å²) in [6.45, 7) is 9.16. The van der Waals surface area contributed by atoms with Gasteiger partial charge in [-0.25, -0.2) is 0 Å². The van der Waals surface area contributed by atoms with Gasteiger partial charge in [-0.05, 0) is 57.7 Å². The molecule has 0 amide bonds. The minimum absolute atomic E-state index is 0.164. The van der Waals surface area contributed by atoms with Crippen molar-refractivity contribution in [2.45, 2.75) is 65.5 Å². The molecule has 3 rings (SSSR count). The number of aromatic amines is 1. The Bertz CT molecular complexity index is 781. The van der Waals surface area contributed by atoms with Crippen molar-refractivity contribution in [2.24, 2.45) is 0 Å². The second-order valence-corrected chi connectivity index (χ2v) is 7.45. The first-order valence-corrected chi connectivity index (χ1v) is 9.73. The number of H-pyrrole nitrogens is 1. The first kappa shape index (κ1) is 18.0. The third-order valence-electron chi connectivity index (χ3n) is 5.54. The molecular weight excluding hydrogens is 312 g/mol. The van der Waals surface area contributed by atoms with Crippen LogP contribution < -0.4 is 15.1 Å². The van der Waals surface area contributed by atoms with E-state index in [0.29, 0.717) is 12.6 Å². The zero-order valence-electron chi connectivity index (χ0n) is 15.8. The van der Waals surface area contributed by atoms with E-state index in [0.717, 1.165) is 53.8 Å². The fourth-order valence-electron chi connectivity index (χ4n) is 3.81. The van der Waals surface area contributed by atoms with Crippen LogP contribution in [-0.2, 0) is 6.54 Å². The van der Waals surface area contributed by atoms with Crippen molar-refractivity contribution in [2.75, 3.05) is 13.2 Å². The standard InChI is InChI=1S/C21H30N2O2/c1-4-5-12-25-17-9-10-20-18(13-17)21(24)19(16(3)22-20)14-23-11-7-6-8-15(23)2/h9-10,13,15H,4-8,11-12,14H2,1-3H3,(H,22,24)/p+1/t15-/m1/s1. The summed E-state index contributed by atoms with van der Waals surface area (Å²) in [5, 5.41) is 0.749. The molecule has 1 aliphatic rings. The summed E-state index contributed by atoms with van der Waals surface area (Å²) in [7, 11) is 0. The number of hydrogen-bond donors (Lipinski definition) is 2. The monoisotopic (exact) mass is 343 g/mol. The highest BCUT2D eigenvalue weighted by Gasteiger charge is 2.24. The van der Waals surface area contributed by atoms with E-state index in [1.54, 1.807) is 0 Å². The smallest absolute Gasteiger partial charge is 0.198 e. The number of aryl methyl sites for hydroxylation is 1. The highest BCUT2D eigenvalue weighted by Crippen LogP contribution is 2.19. The summed E-state index contributed by atoms with van der Waals surface area (Å²) in [5.74, 6) is 0.792. The van der Waals surface area contributed by atoms with Crippen LogP contribution >= 0.6 is 0 Å². The van der Waals surface area contributed by atoms with Gasteiger partial charge >= 0.3 is 0 Å². The number of hydrogen-bond acceptors (Lipinski definition) is 2. The van der Waals surface area contributed by atoms with Crippen LogP contribution in [0.1, 0.15) is 57.2 Å². The lowest BCUT2D eigenvalue weighted by Gasteiger charge is -2.30. The molecule has 0 radical (unpaired) electrons. The van der Waals surface area contributed by atoms with E-state index >= 15 is 0 Å². The van der Waals surface area contributed by atoms with E-state index in [9.17, 15) is 4.79 Å². The zero-order chi connectivity index (χ0) is 17.8. The number of benzene rings is 1. The zero-order valence-corrected chi connectivity index (χ0v) is 15.8. The summed E-state index contributed by atoms with van der Waals surface area (Å²) in [5.41, 5.74) is 3.00. The van der Waals surface area contributed by atoms with E-state index < -0.39 is 0 Å². The molecule has 4 heteroatoms. The molecule has 1 aromatic carbocycles. The van der Waals surface area contributed by atoms with Crippen LogP contribution in [0.4, 0.5) is 0 Å². The number of rotatable bonds is 6. The summed E-state index contributed by atoms with van der Waals surface area (Å²) >= 11 is 0. The lowest BCUT2D eigenvalue weighted by atomic mass is 10.0. The Morgan fingerprint density at radius 1 is 1.32 bits per heavy atom. The quantitative estimate of drug-likeness (QED) is 0.792. The van der Waals surface area contributed by atoms with Gasteiger partial charge in [0, 0.05) is 16.6 Å². The van der Waals surface area contributed by atoms with Gasteiger partial charge < -0.3 is 14.6 Å². The Hall–Kier alpha value is -1.81. The minimum Gasteiger partial charge on any atom is -0.494 e. The first-order chi connectivity index (χ1) is 12.1. The highest BCUT2D eigenvalue weighted by molar-refractivity contribution is 5.81. The molecule has 4 nitrogen and oxygen atoms in total. The molecule has 0 spiro atoms. The first-order valence-electron chi connectivity index (χ1n) is 9.73. The summed E-state index contributed by atoms with van der Waals surface area (Å²) in [6.07, 6.45) is 5.98. The second kappa shape index (κ2) is 8.05. The number of likely N-dealkylation sites (tertiary alicyclic amines) is 1. The average molecular weight is 343 g/mol. The van der Waals surface area contributed by atoms with Gasteiger partial charge in [-0.2, -0.15) is 0 Å². The number of fused-ring (bicyclic) bond motifs is 1. The van der Waals surface area contributed by atoms with Crippen molar-refractivity contribution < 1.29 is 9.64 Å². The van der Waals surface area contributed by atoms with Gasteiger partial charge in [0.25, 0.3) is 0 Å². The molecule has 1 aliphatic heterocycles. The van der Waals surface area contributed by atoms with Gasteiger partial charge in [0.15, 0.2) is 5.43 Å². The fourth-order valence-corrected chi connectivity index (χ4v) is 3.81. The molecule has 2 atom stereocenters. The van der Waals surface area contributed by atoms with Crippen LogP contribution in [0.25, 0.3) is 10.9 Å². The molecule has 2 aromatic rings. The molecule has 0 bridgehead atoms. The molecule has 25 heavy (non-hydrogen) atoms. The maximum absolute atomic E-state index is 13.1. The molecule has 0 aliphatic carbocycles. The van der Waals surface area contributed by atoms with Gasteiger partial charge in [0.1, 0.15) is 12.3 Å². The van der Waals surface area contributed by atoms with Crippen molar-refractivity contribution >= 4 is 10.9 Å². The molecule has 1 fully saturated rings. The van der Waals surface area contributed by atoms with Gasteiger partial charge in [-0.3, -0.25) is 4.79 Å². The largest absolute Gasteiger partial charge is 0.494 e. The van der Waals surface area contributed by atoms with E-state index in [4.69, 9.17) is 4.74 Å². The van der Waals surface area contributed by atoms with E-state index in [1.807, 2.05) is 25.1 Å². The Morgan fingerprint density at radius 3 is 2.92 bits per heavy atom. The third kappa shape index (κ3) is 4.06. The molecule has 0 saturated carbocycles. The van der Waals surface area contributed by atoms with E-state index in [-0.39, 0.29) is 5.43 Å². The van der Waals surface area contributed by atoms with Crippen LogP contribution in [-0.4, -0.2) is 24.2 Å². The van der Waals surface area contributed by atoms with Gasteiger partial charge in [0.05, 0.1) is 24.8 Å². The molecule has 2 N–H and O–H groups in total. The molecule has 2 heterocycles. The maximum Gasteiger partial charge on any atom is 0.198 e. The predicted molar refractivity (Wildman–Crippen MR) is 103 cm³/mol. The number of nitrogens with one attached hydrogen (secondary N) is 2. The molecule has 1 unspecified atom stereocenters. The van der Waals surface area contributed by atoms with Crippen LogP contribution in [0.5, 0.6) is 5.75 Å². The average Bonchev–Trinajstić information content (AvgIpc) is 2.61. The highest BCUT2D eigenvalue weighted by atomic mass is 16.5. The van der Waals surface area contributed by atoms with Gasteiger partial charge in [0.2, 0.25) is 0 Å². The third-order valence-corrected chi connectivity index (χ3v) is 5.54. The summed E-state index contributed by atoms with van der Waals surface area (Å²) in [4.78, 5) is 18.1. The number of ether oxygens (including phenoxy) is 1. The van der Waals surface area contributed by atoms with Crippen LogP contribution in [0.2, 0.25) is 0 Å². The van der Waals surface area contributed by atoms with Crippen molar-refractivity contribution in [3.05, 3.63) is 39.7 Å². The lowest BCUT2D eigenvalue weighted by Crippen LogP contribution is -3.15. The summed E-state index contributed by atoms with van der Waals surface area (Å²) < 4.78 is 5.79. The van der Waals surface area contributed by atoms with Crippen LogP contribution in [0, 0.1) is 6.92 Å². The van der Waals surface area contributed by atoms with Crippen molar-refractivity contribution in [1.29, 1.82) is 0 Å². The number of quaternary nitrogens is 1. The molecular formula is C21H31N2O2+. The van der Waals surface area contributed by atoms with Gasteiger partial charge in [-0.1, -0.05) is 13.3 Å². The SMILES string of the molecule is CCCCOc1ccc2[nH]c(C)c(C[NH+]3CCCC[C@H]3C)c(=O)c2c1. The normalized spacial score (nSPS) is 20.8. The van der Waals surface area contributed by atoms with Crippen LogP contribution in [0.3, 0.4) is 0 Å². The topological polar surface area (TPSA) is 46.5 Å². The molecule has 1 aromatic heterocycles. The van der Waals surface area contributed by atoms with Crippen molar-refractivity contribution in [1.82, 2.24) is 4.98 Å². The van der Waals surface area contributed by atoms with E-state index in [2.05, 4.69) is 18.8 Å². The lowest BCUT2D eigenvalue weighted by molar-refractivity contribution is -0.942. The number of aromatic nitrogens is 1. The number of piperidine rings is 1. The van der Waals surface area contributed by atoms with Crippen molar-refractivity contribution in [3.8, 4) is 5.75 Å². The fraction of sp³-hybridized carbons (Fsp3) is 0.571. The molecule has 136 valence electrons. The Morgan fingerprint density at radius 2 is 2.16 bits per heavy atom. The number of pyridine rings is 1. The van der Waals surface area contributed by atoms with Gasteiger partial charge in [-0.15, -0.1) is 0 Å². The van der Waals surface area contributed by atoms with Crippen molar-refractivity contribution in [3.63, 3.8) is 0 Å². The number of unbranched alkanes of at least 4 members (excludes halogenated alkanes) is 1. The predicted octanol–water partition coefficient (Wildman–Crippen LogP) is 2.97. The van der Waals surface area contributed by atoms with E-state index in [1.165, 1.54) is 24.2 Å². The Kier molecular flexibility index (Phi) is 5.79. The minimum atomic E-state index is 0.164. The maximum atomic E-state index is 13.1. The van der Waals surface area contributed by atoms with Crippen LogP contribution in [0.15, 0.2) is 23.0 Å². The Labute approximate surface area is 150 Å². The summed E-state index contributed by atoms with van der Waals surface area (Å²) in [6, 6.07) is 6.45. The Balaban J connectivity index is 1.91.